The molecule has 1 N–H and O–H groups in total. The molecule has 0 amide bonds. The number of carbonyl (C=O) groups excluding carboxylic acids is 1. The fraction of sp³-hybridized carbons (Fsp3) is 0. The molecule has 3 aromatic rings. The quantitative estimate of drug-likeness (QED) is 0.570. The van der Waals surface area contributed by atoms with Crippen molar-refractivity contribution in [3.63, 3.8) is 0 Å². The van der Waals surface area contributed by atoms with E-state index in [1.54, 1.807) is 18.2 Å². The van der Waals surface area contributed by atoms with Crippen LogP contribution in [0.4, 0.5) is 0 Å². The van der Waals surface area contributed by atoms with Crippen LogP contribution in [0.25, 0.3) is 10.9 Å². The van der Waals surface area contributed by atoms with E-state index in [4.69, 9.17) is 4.74 Å². The fourth-order valence-electron chi connectivity index (χ4n) is 1.88. The van der Waals surface area contributed by atoms with Crippen molar-refractivity contribution >= 4 is 32.8 Å². The maximum atomic E-state index is 12.0. The molecule has 0 bridgehead atoms. The Hall–Kier alpha value is -2.07. The molecule has 3 nitrogen and oxygen atoms in total. The highest BCUT2D eigenvalue weighted by atomic mass is 79.9. The first-order valence-electron chi connectivity index (χ1n) is 5.78. The van der Waals surface area contributed by atoms with E-state index in [-0.39, 0.29) is 5.97 Å². The molecule has 0 aliphatic heterocycles. The SMILES string of the molecule is O=C(Oc1ccc2[nH]ccc2c1)c1ccccc1Br. The molecular formula is C15H10BrNO2. The van der Waals surface area contributed by atoms with E-state index in [1.165, 1.54) is 0 Å². The smallest absolute Gasteiger partial charge is 0.344 e. The summed E-state index contributed by atoms with van der Waals surface area (Å²) in [5.74, 6) is 0.162. The molecule has 94 valence electrons. The third kappa shape index (κ3) is 2.39. The molecule has 0 saturated heterocycles. The Morgan fingerprint density at radius 2 is 1.95 bits per heavy atom. The number of rotatable bonds is 2. The molecule has 2 aromatic carbocycles. The Kier molecular flexibility index (Phi) is 3.09. The van der Waals surface area contributed by atoms with E-state index in [0.717, 1.165) is 15.4 Å². The first-order chi connectivity index (χ1) is 9.24. The van der Waals surface area contributed by atoms with E-state index >= 15 is 0 Å². The van der Waals surface area contributed by atoms with Crippen LogP contribution in [0.5, 0.6) is 5.75 Å². The van der Waals surface area contributed by atoms with Crippen LogP contribution >= 0.6 is 15.9 Å². The number of benzene rings is 2. The van der Waals surface area contributed by atoms with E-state index < -0.39 is 0 Å². The molecule has 0 spiro atoms. The predicted octanol–water partition coefficient (Wildman–Crippen LogP) is 4.15. The topological polar surface area (TPSA) is 42.1 Å². The third-order valence-electron chi connectivity index (χ3n) is 2.83. The van der Waals surface area contributed by atoms with Crippen LogP contribution in [0.15, 0.2) is 59.2 Å². The Morgan fingerprint density at radius 3 is 2.79 bits per heavy atom. The molecule has 0 radical (unpaired) electrons. The maximum absolute atomic E-state index is 12.0. The summed E-state index contributed by atoms with van der Waals surface area (Å²) in [7, 11) is 0. The Balaban J connectivity index is 1.88. The van der Waals surface area contributed by atoms with Crippen LogP contribution < -0.4 is 4.74 Å². The van der Waals surface area contributed by atoms with Gasteiger partial charge in [0.05, 0.1) is 5.56 Å². The van der Waals surface area contributed by atoms with Crippen molar-refractivity contribution in [2.75, 3.05) is 0 Å². The maximum Gasteiger partial charge on any atom is 0.344 e. The highest BCUT2D eigenvalue weighted by molar-refractivity contribution is 9.10. The molecule has 4 heteroatoms. The molecular weight excluding hydrogens is 306 g/mol. The highest BCUT2D eigenvalue weighted by Crippen LogP contribution is 2.22. The van der Waals surface area contributed by atoms with Gasteiger partial charge >= 0.3 is 5.97 Å². The summed E-state index contributed by atoms with van der Waals surface area (Å²) in [6, 6.07) is 14.6. The minimum atomic E-state index is -0.373. The number of halogens is 1. The van der Waals surface area contributed by atoms with Gasteiger partial charge in [0.2, 0.25) is 0 Å². The zero-order valence-corrected chi connectivity index (χ0v) is 11.5. The Labute approximate surface area is 118 Å². The molecule has 1 aromatic heterocycles. The van der Waals surface area contributed by atoms with E-state index in [0.29, 0.717) is 11.3 Å². The van der Waals surface area contributed by atoms with Crippen molar-refractivity contribution in [1.29, 1.82) is 0 Å². The molecule has 19 heavy (non-hydrogen) atoms. The van der Waals surface area contributed by atoms with E-state index in [2.05, 4.69) is 20.9 Å². The van der Waals surface area contributed by atoms with Crippen LogP contribution in [0, 0.1) is 0 Å². The molecule has 0 atom stereocenters. The Bertz CT molecular complexity index is 748. The van der Waals surface area contributed by atoms with Crippen molar-refractivity contribution in [1.82, 2.24) is 4.98 Å². The molecule has 1 heterocycles. The zero-order chi connectivity index (χ0) is 13.2. The van der Waals surface area contributed by atoms with Crippen molar-refractivity contribution < 1.29 is 9.53 Å². The number of hydrogen-bond donors (Lipinski definition) is 1. The lowest BCUT2D eigenvalue weighted by molar-refractivity contribution is 0.0734. The second kappa shape index (κ2) is 4.90. The fourth-order valence-corrected chi connectivity index (χ4v) is 2.33. The van der Waals surface area contributed by atoms with Gasteiger partial charge in [0.15, 0.2) is 0 Å². The number of carbonyl (C=O) groups is 1. The van der Waals surface area contributed by atoms with Crippen LogP contribution in [0.1, 0.15) is 10.4 Å². The van der Waals surface area contributed by atoms with Crippen molar-refractivity contribution in [2.45, 2.75) is 0 Å². The summed E-state index contributed by atoms with van der Waals surface area (Å²) < 4.78 is 6.10. The number of aromatic nitrogens is 1. The number of aromatic amines is 1. The van der Waals surface area contributed by atoms with Gasteiger partial charge in [-0.05, 0) is 52.3 Å². The van der Waals surface area contributed by atoms with Crippen LogP contribution in [-0.4, -0.2) is 11.0 Å². The first kappa shape index (κ1) is 12.0. The van der Waals surface area contributed by atoms with Gasteiger partial charge in [-0.1, -0.05) is 12.1 Å². The van der Waals surface area contributed by atoms with Crippen molar-refractivity contribution in [3.05, 3.63) is 64.8 Å². The second-order valence-corrected chi connectivity index (χ2v) is 4.95. The highest BCUT2D eigenvalue weighted by Gasteiger charge is 2.12. The number of nitrogens with one attached hydrogen (secondary N) is 1. The standard InChI is InChI=1S/C15H10BrNO2/c16-13-4-2-1-3-12(13)15(18)19-11-5-6-14-10(9-11)7-8-17-14/h1-9,17H. The van der Waals surface area contributed by atoms with E-state index in [1.807, 2.05) is 36.5 Å². The molecule has 0 aliphatic carbocycles. The minimum absolute atomic E-state index is 0.373. The summed E-state index contributed by atoms with van der Waals surface area (Å²) >= 11 is 3.34. The van der Waals surface area contributed by atoms with Gasteiger partial charge < -0.3 is 9.72 Å². The Morgan fingerprint density at radius 1 is 1.11 bits per heavy atom. The lowest BCUT2D eigenvalue weighted by Crippen LogP contribution is -2.08. The average Bonchev–Trinajstić information content (AvgIpc) is 2.86. The van der Waals surface area contributed by atoms with Gasteiger partial charge in [0.25, 0.3) is 0 Å². The van der Waals surface area contributed by atoms with Crippen molar-refractivity contribution in [3.8, 4) is 5.75 Å². The van der Waals surface area contributed by atoms with Crippen LogP contribution in [0.3, 0.4) is 0 Å². The van der Waals surface area contributed by atoms with Gasteiger partial charge in [0.1, 0.15) is 5.75 Å². The molecule has 0 unspecified atom stereocenters. The van der Waals surface area contributed by atoms with Crippen molar-refractivity contribution in [2.24, 2.45) is 0 Å². The molecule has 0 aliphatic rings. The van der Waals surface area contributed by atoms with Crippen LogP contribution in [-0.2, 0) is 0 Å². The van der Waals surface area contributed by atoms with Gasteiger partial charge in [0, 0.05) is 21.6 Å². The third-order valence-corrected chi connectivity index (χ3v) is 3.52. The molecule has 0 fully saturated rings. The number of ether oxygens (including phenoxy) is 1. The van der Waals surface area contributed by atoms with Gasteiger partial charge in [-0.25, -0.2) is 4.79 Å². The summed E-state index contributed by atoms with van der Waals surface area (Å²) in [5.41, 5.74) is 1.53. The van der Waals surface area contributed by atoms with Gasteiger partial charge in [-0.15, -0.1) is 0 Å². The number of H-pyrrole nitrogens is 1. The normalized spacial score (nSPS) is 10.6. The molecule has 0 saturated carbocycles. The van der Waals surface area contributed by atoms with Gasteiger partial charge in [-0.3, -0.25) is 0 Å². The first-order valence-corrected chi connectivity index (χ1v) is 6.57. The number of hydrogen-bond acceptors (Lipinski definition) is 2. The summed E-state index contributed by atoms with van der Waals surface area (Å²) in [6.07, 6.45) is 1.85. The van der Waals surface area contributed by atoms with Gasteiger partial charge in [-0.2, -0.15) is 0 Å². The monoisotopic (exact) mass is 315 g/mol. The zero-order valence-electron chi connectivity index (χ0n) is 9.89. The lowest BCUT2D eigenvalue weighted by atomic mass is 10.2. The minimum Gasteiger partial charge on any atom is -0.423 e. The number of esters is 1. The number of fused-ring (bicyclic) bond motifs is 1. The molecule has 3 rings (SSSR count). The summed E-state index contributed by atoms with van der Waals surface area (Å²) in [6.45, 7) is 0. The van der Waals surface area contributed by atoms with Crippen LogP contribution in [0.2, 0.25) is 0 Å². The second-order valence-electron chi connectivity index (χ2n) is 4.10. The summed E-state index contributed by atoms with van der Waals surface area (Å²) in [5, 5.41) is 1.01. The predicted molar refractivity (Wildman–Crippen MR) is 77.4 cm³/mol. The summed E-state index contributed by atoms with van der Waals surface area (Å²) in [4.78, 5) is 15.1. The largest absolute Gasteiger partial charge is 0.423 e. The lowest BCUT2D eigenvalue weighted by Gasteiger charge is -2.05. The average molecular weight is 316 g/mol. The van der Waals surface area contributed by atoms with E-state index in [9.17, 15) is 4.79 Å².